The Morgan fingerprint density at radius 2 is 1.85 bits per heavy atom. The lowest BCUT2D eigenvalue weighted by Crippen LogP contribution is -2.49. The zero-order valence-electron chi connectivity index (χ0n) is 15.4. The van der Waals surface area contributed by atoms with Crippen molar-refractivity contribution in [1.82, 2.24) is 14.3 Å². The zero-order valence-corrected chi connectivity index (χ0v) is 15.4. The smallest absolute Gasteiger partial charge is 0.272 e. The van der Waals surface area contributed by atoms with Crippen LogP contribution in [0.15, 0.2) is 42.6 Å². The van der Waals surface area contributed by atoms with E-state index < -0.39 is 5.82 Å². The number of aromatic nitrogens is 2. The van der Waals surface area contributed by atoms with Gasteiger partial charge in [-0.05, 0) is 31.2 Å². The monoisotopic (exact) mass is 368 g/mol. The predicted molar refractivity (Wildman–Crippen MR) is 101 cm³/mol. The lowest BCUT2D eigenvalue weighted by atomic mass is 10.2. The van der Waals surface area contributed by atoms with Crippen LogP contribution in [0.1, 0.15) is 16.2 Å². The Bertz CT molecular complexity index is 993. The lowest BCUT2D eigenvalue weighted by molar-refractivity contribution is 0.0739. The van der Waals surface area contributed by atoms with Crippen LogP contribution >= 0.6 is 0 Å². The maximum atomic E-state index is 13.6. The minimum Gasteiger partial charge on any atom is -0.495 e. The van der Waals surface area contributed by atoms with Crippen molar-refractivity contribution in [1.29, 1.82) is 0 Å². The predicted octanol–water partition coefficient (Wildman–Crippen LogP) is 2.75. The number of benzene rings is 1. The summed E-state index contributed by atoms with van der Waals surface area (Å²) >= 11 is 0. The van der Waals surface area contributed by atoms with Crippen molar-refractivity contribution < 1.29 is 13.9 Å². The van der Waals surface area contributed by atoms with Gasteiger partial charge in [0.15, 0.2) is 0 Å². The molecule has 0 spiro atoms. The van der Waals surface area contributed by atoms with Gasteiger partial charge in [-0.15, -0.1) is 0 Å². The number of aryl methyl sites for hydroxylation is 1. The van der Waals surface area contributed by atoms with Gasteiger partial charge in [0, 0.05) is 32.4 Å². The third-order valence-electron chi connectivity index (χ3n) is 4.95. The molecule has 0 radical (unpaired) electrons. The number of hydrogen-bond donors (Lipinski definition) is 0. The first-order valence-corrected chi connectivity index (χ1v) is 8.90. The molecule has 3 aromatic rings. The van der Waals surface area contributed by atoms with Crippen LogP contribution in [0.5, 0.6) is 5.75 Å². The van der Waals surface area contributed by atoms with Gasteiger partial charge in [-0.2, -0.15) is 0 Å². The maximum absolute atomic E-state index is 13.6. The Kier molecular flexibility index (Phi) is 4.43. The number of hydrogen-bond acceptors (Lipinski definition) is 4. The fourth-order valence-electron chi connectivity index (χ4n) is 3.59. The molecule has 2 aromatic heterocycles. The Hall–Kier alpha value is -3.09. The van der Waals surface area contributed by atoms with Crippen molar-refractivity contribution in [3.8, 4) is 5.75 Å². The summed E-state index contributed by atoms with van der Waals surface area (Å²) in [5.41, 5.74) is 2.64. The summed E-state index contributed by atoms with van der Waals surface area (Å²) in [7, 11) is 1.66. The Morgan fingerprint density at radius 1 is 1.11 bits per heavy atom. The van der Waals surface area contributed by atoms with E-state index in [0.29, 0.717) is 43.2 Å². The molecule has 1 aliphatic rings. The van der Waals surface area contributed by atoms with Gasteiger partial charge < -0.3 is 14.5 Å². The molecule has 0 unspecified atom stereocenters. The first kappa shape index (κ1) is 17.3. The second-order valence-corrected chi connectivity index (χ2v) is 6.57. The minimum atomic E-state index is -0.394. The molecule has 1 aromatic carbocycles. The van der Waals surface area contributed by atoms with Gasteiger partial charge in [0.25, 0.3) is 5.91 Å². The van der Waals surface area contributed by atoms with Gasteiger partial charge in [-0.25, -0.2) is 9.37 Å². The number of anilines is 1. The summed E-state index contributed by atoms with van der Waals surface area (Å²) in [6.45, 7) is 4.35. The zero-order chi connectivity index (χ0) is 19.0. The largest absolute Gasteiger partial charge is 0.495 e. The summed E-state index contributed by atoms with van der Waals surface area (Å²) < 4.78 is 20.6. The van der Waals surface area contributed by atoms with Crippen molar-refractivity contribution in [2.24, 2.45) is 0 Å². The van der Waals surface area contributed by atoms with Crippen molar-refractivity contribution in [3.05, 3.63) is 59.8 Å². The number of amides is 1. The highest BCUT2D eigenvalue weighted by atomic mass is 19.1. The number of para-hydroxylation sites is 2. The number of pyridine rings is 1. The van der Waals surface area contributed by atoms with Gasteiger partial charge in [-0.1, -0.05) is 12.1 Å². The van der Waals surface area contributed by atoms with E-state index in [0.717, 1.165) is 11.4 Å². The fraction of sp³-hybridized carbons (Fsp3) is 0.300. The summed E-state index contributed by atoms with van der Waals surface area (Å²) in [4.78, 5) is 21.5. The molecule has 3 heterocycles. The van der Waals surface area contributed by atoms with Crippen molar-refractivity contribution in [2.45, 2.75) is 6.92 Å². The van der Waals surface area contributed by atoms with Crippen LogP contribution in [-0.4, -0.2) is 53.5 Å². The molecule has 0 atom stereocenters. The SMILES string of the molecule is COc1ccccc1N1CCN(C(=O)c2c(C)nc3ccc(F)cn23)CC1. The Morgan fingerprint density at radius 3 is 2.59 bits per heavy atom. The van der Waals surface area contributed by atoms with E-state index in [1.165, 1.54) is 12.3 Å². The molecular formula is C20H21FN4O2. The Labute approximate surface area is 156 Å². The lowest BCUT2D eigenvalue weighted by Gasteiger charge is -2.36. The van der Waals surface area contributed by atoms with Crippen LogP contribution in [0.3, 0.4) is 0 Å². The molecule has 1 amide bonds. The highest BCUT2D eigenvalue weighted by Gasteiger charge is 2.27. The van der Waals surface area contributed by atoms with E-state index in [1.54, 1.807) is 29.4 Å². The second-order valence-electron chi connectivity index (χ2n) is 6.57. The molecule has 0 saturated carbocycles. The molecular weight excluding hydrogens is 347 g/mol. The topological polar surface area (TPSA) is 50.1 Å². The van der Waals surface area contributed by atoms with Gasteiger partial charge in [0.05, 0.1) is 18.5 Å². The number of halogens is 1. The molecule has 4 rings (SSSR count). The van der Waals surface area contributed by atoms with Crippen LogP contribution in [0, 0.1) is 12.7 Å². The number of piperazine rings is 1. The van der Waals surface area contributed by atoms with Crippen LogP contribution < -0.4 is 9.64 Å². The van der Waals surface area contributed by atoms with Gasteiger partial charge in [-0.3, -0.25) is 9.20 Å². The average Bonchev–Trinajstić information content (AvgIpc) is 3.02. The molecule has 1 aliphatic heterocycles. The molecule has 0 aliphatic carbocycles. The standard InChI is InChI=1S/C20H21FN4O2/c1-14-19(25-13-15(21)7-8-18(25)22-14)20(26)24-11-9-23(10-12-24)16-5-3-4-6-17(16)27-2/h3-8,13H,9-12H2,1-2H3. The van der Waals surface area contributed by atoms with Gasteiger partial charge in [0.1, 0.15) is 22.9 Å². The van der Waals surface area contributed by atoms with E-state index in [4.69, 9.17) is 4.74 Å². The van der Waals surface area contributed by atoms with Crippen LogP contribution in [0.25, 0.3) is 5.65 Å². The number of fused-ring (bicyclic) bond motifs is 1. The van der Waals surface area contributed by atoms with Gasteiger partial charge >= 0.3 is 0 Å². The third kappa shape index (κ3) is 3.09. The number of carbonyl (C=O) groups excluding carboxylic acids is 1. The van der Waals surface area contributed by atoms with Crippen LogP contribution in [0.4, 0.5) is 10.1 Å². The van der Waals surface area contributed by atoms with Crippen molar-refractivity contribution in [3.63, 3.8) is 0 Å². The molecule has 0 N–H and O–H groups in total. The molecule has 0 bridgehead atoms. The first-order valence-electron chi connectivity index (χ1n) is 8.90. The molecule has 27 heavy (non-hydrogen) atoms. The van der Waals surface area contributed by atoms with E-state index in [-0.39, 0.29) is 5.91 Å². The molecule has 1 fully saturated rings. The minimum absolute atomic E-state index is 0.120. The number of methoxy groups -OCH3 is 1. The normalized spacial score (nSPS) is 14.6. The summed E-state index contributed by atoms with van der Waals surface area (Å²) in [6.07, 6.45) is 1.31. The van der Waals surface area contributed by atoms with E-state index in [2.05, 4.69) is 9.88 Å². The Balaban J connectivity index is 1.54. The maximum Gasteiger partial charge on any atom is 0.272 e. The fourth-order valence-corrected chi connectivity index (χ4v) is 3.59. The summed E-state index contributed by atoms with van der Waals surface area (Å²) in [5.74, 6) is 0.311. The summed E-state index contributed by atoms with van der Waals surface area (Å²) in [6, 6.07) is 10.8. The van der Waals surface area contributed by atoms with E-state index >= 15 is 0 Å². The molecule has 140 valence electrons. The molecule has 1 saturated heterocycles. The average molecular weight is 368 g/mol. The highest BCUT2D eigenvalue weighted by molar-refractivity contribution is 5.95. The van der Waals surface area contributed by atoms with Crippen LogP contribution in [-0.2, 0) is 0 Å². The van der Waals surface area contributed by atoms with Crippen molar-refractivity contribution >= 4 is 17.2 Å². The van der Waals surface area contributed by atoms with E-state index in [1.807, 2.05) is 24.3 Å². The number of nitrogens with zero attached hydrogens (tertiary/aromatic N) is 4. The first-order chi connectivity index (χ1) is 13.1. The van der Waals surface area contributed by atoms with Gasteiger partial charge in [0.2, 0.25) is 0 Å². The number of ether oxygens (including phenoxy) is 1. The third-order valence-corrected chi connectivity index (χ3v) is 4.95. The number of carbonyl (C=O) groups is 1. The van der Waals surface area contributed by atoms with E-state index in [9.17, 15) is 9.18 Å². The highest BCUT2D eigenvalue weighted by Crippen LogP contribution is 2.28. The second kappa shape index (κ2) is 6.90. The number of imidazole rings is 1. The quantitative estimate of drug-likeness (QED) is 0.713. The summed E-state index contributed by atoms with van der Waals surface area (Å²) in [5, 5.41) is 0. The van der Waals surface area contributed by atoms with Crippen molar-refractivity contribution in [2.75, 3.05) is 38.2 Å². The van der Waals surface area contributed by atoms with Crippen LogP contribution in [0.2, 0.25) is 0 Å². The number of rotatable bonds is 3. The molecule has 6 nitrogen and oxygen atoms in total. The molecule has 7 heteroatoms.